The minimum Gasteiger partial charge on any atom is -0.481 e. The monoisotopic (exact) mass is 347 g/mol. The van der Waals surface area contributed by atoms with Crippen molar-refractivity contribution in [3.8, 4) is 5.88 Å². The van der Waals surface area contributed by atoms with Crippen LogP contribution in [0.5, 0.6) is 5.88 Å². The number of carboxylic acid groups (broad SMARTS) is 1. The maximum Gasteiger partial charge on any atom is 0.422 e. The largest absolute Gasteiger partial charge is 0.481 e. The van der Waals surface area contributed by atoms with E-state index in [4.69, 9.17) is 5.11 Å². The number of aromatic nitrogens is 1. The zero-order valence-electron chi connectivity index (χ0n) is 12.5. The molecule has 1 aliphatic heterocycles. The molecule has 0 aromatic carbocycles. The van der Waals surface area contributed by atoms with Crippen LogP contribution in [0.3, 0.4) is 0 Å². The van der Waals surface area contributed by atoms with E-state index < -0.39 is 30.7 Å². The Morgan fingerprint density at radius 2 is 2.17 bits per heavy atom. The van der Waals surface area contributed by atoms with Crippen LogP contribution in [0.1, 0.15) is 12.0 Å². The lowest BCUT2D eigenvalue weighted by molar-refractivity contribution is -0.154. The van der Waals surface area contributed by atoms with Gasteiger partial charge in [-0.3, -0.25) is 4.79 Å². The van der Waals surface area contributed by atoms with Gasteiger partial charge in [-0.25, -0.2) is 9.78 Å². The van der Waals surface area contributed by atoms with E-state index in [1.807, 2.05) is 0 Å². The molecule has 0 bridgehead atoms. The number of ether oxygens (including phenoxy) is 1. The van der Waals surface area contributed by atoms with E-state index in [1.54, 1.807) is 0 Å². The molecule has 1 aromatic rings. The number of aliphatic carboxylic acids is 1. The Morgan fingerprint density at radius 1 is 1.42 bits per heavy atom. The number of halogens is 3. The van der Waals surface area contributed by atoms with Gasteiger partial charge < -0.3 is 20.1 Å². The molecule has 0 radical (unpaired) electrons. The smallest absolute Gasteiger partial charge is 0.422 e. The molecule has 0 aliphatic carbocycles. The Kier molecular flexibility index (Phi) is 5.47. The SMILES string of the molecule is O=C(O)C1CCN(C(=O)NCc2ccc(OCC(F)(F)F)nc2)C1. The number of hydrogen-bond donors (Lipinski definition) is 2. The van der Waals surface area contributed by atoms with Crippen molar-refractivity contribution < 1.29 is 32.6 Å². The fourth-order valence-electron chi connectivity index (χ4n) is 2.19. The summed E-state index contributed by atoms with van der Waals surface area (Å²) >= 11 is 0. The molecule has 1 fully saturated rings. The molecule has 132 valence electrons. The van der Waals surface area contributed by atoms with Crippen LogP contribution in [0.25, 0.3) is 0 Å². The first-order chi connectivity index (χ1) is 11.2. The highest BCUT2D eigenvalue weighted by molar-refractivity contribution is 5.77. The third-order valence-corrected chi connectivity index (χ3v) is 3.45. The number of hydrogen-bond acceptors (Lipinski definition) is 4. The number of rotatable bonds is 5. The van der Waals surface area contributed by atoms with Gasteiger partial charge in [-0.2, -0.15) is 13.2 Å². The molecule has 1 atom stereocenters. The second-order valence-corrected chi connectivity index (χ2v) is 5.34. The van der Waals surface area contributed by atoms with Gasteiger partial charge in [-0.15, -0.1) is 0 Å². The highest BCUT2D eigenvalue weighted by Crippen LogP contribution is 2.18. The van der Waals surface area contributed by atoms with Crippen LogP contribution < -0.4 is 10.1 Å². The number of urea groups is 1. The topological polar surface area (TPSA) is 91.8 Å². The second-order valence-electron chi connectivity index (χ2n) is 5.34. The molecular formula is C14H16F3N3O4. The number of likely N-dealkylation sites (tertiary alicyclic amines) is 1. The molecule has 10 heteroatoms. The van der Waals surface area contributed by atoms with Crippen molar-refractivity contribution in [3.05, 3.63) is 23.9 Å². The predicted molar refractivity (Wildman–Crippen MR) is 75.3 cm³/mol. The minimum absolute atomic E-state index is 0.125. The van der Waals surface area contributed by atoms with Gasteiger partial charge in [-0.05, 0) is 12.0 Å². The fraction of sp³-hybridized carbons (Fsp3) is 0.500. The van der Waals surface area contributed by atoms with E-state index in [-0.39, 0.29) is 19.0 Å². The molecule has 0 spiro atoms. The van der Waals surface area contributed by atoms with Gasteiger partial charge >= 0.3 is 18.2 Å². The Hall–Kier alpha value is -2.52. The molecule has 1 aromatic heterocycles. The Bertz CT molecular complexity index is 592. The maximum atomic E-state index is 12.0. The number of carboxylic acids is 1. The second kappa shape index (κ2) is 7.37. The average molecular weight is 347 g/mol. The minimum atomic E-state index is -4.43. The summed E-state index contributed by atoms with van der Waals surface area (Å²) in [6.07, 6.45) is -2.72. The molecule has 24 heavy (non-hydrogen) atoms. The van der Waals surface area contributed by atoms with Gasteiger partial charge in [0, 0.05) is 31.9 Å². The van der Waals surface area contributed by atoms with E-state index in [1.165, 1.54) is 23.2 Å². The van der Waals surface area contributed by atoms with Crippen LogP contribution in [0.4, 0.5) is 18.0 Å². The maximum absolute atomic E-state index is 12.0. The number of amides is 2. The lowest BCUT2D eigenvalue weighted by Crippen LogP contribution is -2.38. The Labute approximate surface area is 135 Å². The summed E-state index contributed by atoms with van der Waals surface area (Å²) in [5.41, 5.74) is 0.580. The van der Waals surface area contributed by atoms with E-state index >= 15 is 0 Å². The molecule has 2 heterocycles. The van der Waals surface area contributed by atoms with Crippen molar-refractivity contribution in [3.63, 3.8) is 0 Å². The fourth-order valence-corrected chi connectivity index (χ4v) is 2.19. The van der Waals surface area contributed by atoms with Gasteiger partial charge in [0.15, 0.2) is 6.61 Å². The van der Waals surface area contributed by atoms with E-state index in [2.05, 4.69) is 15.0 Å². The number of carbonyl (C=O) groups is 2. The zero-order chi connectivity index (χ0) is 17.7. The van der Waals surface area contributed by atoms with Gasteiger partial charge in [0.1, 0.15) is 0 Å². The van der Waals surface area contributed by atoms with Crippen molar-refractivity contribution in [1.29, 1.82) is 0 Å². The lowest BCUT2D eigenvalue weighted by Gasteiger charge is -2.16. The van der Waals surface area contributed by atoms with Crippen LogP contribution in [0.2, 0.25) is 0 Å². The summed E-state index contributed by atoms with van der Waals surface area (Å²) in [5.74, 6) is -1.64. The van der Waals surface area contributed by atoms with Crippen molar-refractivity contribution in [2.24, 2.45) is 5.92 Å². The first-order valence-electron chi connectivity index (χ1n) is 7.14. The van der Waals surface area contributed by atoms with Crippen molar-refractivity contribution in [2.45, 2.75) is 19.1 Å². The number of nitrogens with one attached hydrogen (secondary N) is 1. The molecular weight excluding hydrogens is 331 g/mol. The van der Waals surface area contributed by atoms with Gasteiger partial charge in [0.05, 0.1) is 5.92 Å². The van der Waals surface area contributed by atoms with Crippen LogP contribution in [-0.2, 0) is 11.3 Å². The normalized spacial score (nSPS) is 17.6. The van der Waals surface area contributed by atoms with E-state index in [0.29, 0.717) is 18.5 Å². The quantitative estimate of drug-likeness (QED) is 0.845. The first kappa shape index (κ1) is 17.8. The molecule has 2 amide bonds. The standard InChI is InChI=1S/C14H16F3N3O4/c15-14(16,17)8-24-11-2-1-9(5-18-11)6-19-13(23)20-4-3-10(7-20)12(21)22/h1-2,5,10H,3-4,6-8H2,(H,19,23)(H,21,22). The van der Waals surface area contributed by atoms with E-state index in [0.717, 1.165) is 0 Å². The van der Waals surface area contributed by atoms with Crippen molar-refractivity contribution in [1.82, 2.24) is 15.2 Å². The summed E-state index contributed by atoms with van der Waals surface area (Å²) in [6, 6.07) is 2.38. The number of nitrogens with zero attached hydrogens (tertiary/aromatic N) is 2. The highest BCUT2D eigenvalue weighted by Gasteiger charge is 2.30. The number of carbonyl (C=O) groups excluding carboxylic acids is 1. The van der Waals surface area contributed by atoms with Crippen LogP contribution in [0, 0.1) is 5.92 Å². The Balaban J connectivity index is 1.78. The molecule has 7 nitrogen and oxygen atoms in total. The highest BCUT2D eigenvalue weighted by atomic mass is 19.4. The first-order valence-corrected chi connectivity index (χ1v) is 7.14. The molecule has 2 rings (SSSR count). The summed E-state index contributed by atoms with van der Waals surface area (Å²) < 4.78 is 40.5. The molecule has 1 unspecified atom stereocenters. The number of alkyl halides is 3. The van der Waals surface area contributed by atoms with Crippen LogP contribution in [-0.4, -0.2) is 52.9 Å². The van der Waals surface area contributed by atoms with Crippen molar-refractivity contribution in [2.75, 3.05) is 19.7 Å². The predicted octanol–water partition coefficient (Wildman–Crippen LogP) is 1.64. The summed E-state index contributed by atoms with van der Waals surface area (Å²) in [4.78, 5) is 27.9. The Morgan fingerprint density at radius 3 is 2.71 bits per heavy atom. The van der Waals surface area contributed by atoms with Crippen LogP contribution >= 0.6 is 0 Å². The molecule has 0 saturated carbocycles. The molecule has 1 aliphatic rings. The van der Waals surface area contributed by atoms with Crippen molar-refractivity contribution >= 4 is 12.0 Å². The zero-order valence-corrected chi connectivity index (χ0v) is 12.5. The third-order valence-electron chi connectivity index (χ3n) is 3.45. The van der Waals surface area contributed by atoms with E-state index in [9.17, 15) is 22.8 Å². The van der Waals surface area contributed by atoms with Gasteiger partial charge in [0.2, 0.25) is 5.88 Å². The third kappa shape index (κ3) is 5.28. The summed E-state index contributed by atoms with van der Waals surface area (Å²) in [7, 11) is 0. The molecule has 1 saturated heterocycles. The molecule has 2 N–H and O–H groups in total. The van der Waals surface area contributed by atoms with Gasteiger partial charge in [-0.1, -0.05) is 6.07 Å². The summed E-state index contributed by atoms with van der Waals surface area (Å²) in [6.45, 7) is -0.773. The summed E-state index contributed by atoms with van der Waals surface area (Å²) in [5, 5.41) is 11.5. The van der Waals surface area contributed by atoms with Crippen LogP contribution in [0.15, 0.2) is 18.3 Å². The average Bonchev–Trinajstić information content (AvgIpc) is 3.01. The van der Waals surface area contributed by atoms with Gasteiger partial charge in [0.25, 0.3) is 0 Å². The number of pyridine rings is 1. The lowest BCUT2D eigenvalue weighted by atomic mass is 10.1.